The Morgan fingerprint density at radius 2 is 2.08 bits per heavy atom. The minimum absolute atomic E-state index is 0.0297. The molecule has 1 saturated carbocycles. The summed E-state index contributed by atoms with van der Waals surface area (Å²) in [6.45, 7) is 2.15. The first-order valence-electron chi connectivity index (χ1n) is 12.7. The molecule has 192 valence electrons. The average molecular weight is 502 g/mol. The maximum absolute atomic E-state index is 12.3. The Balaban J connectivity index is 1.24. The van der Waals surface area contributed by atoms with Crippen molar-refractivity contribution in [2.45, 2.75) is 57.0 Å². The molecule has 5 rings (SSSR count). The summed E-state index contributed by atoms with van der Waals surface area (Å²) in [7, 11) is 0. The van der Waals surface area contributed by atoms with Gasteiger partial charge in [-0.05, 0) is 50.3 Å². The maximum atomic E-state index is 12.3. The van der Waals surface area contributed by atoms with Gasteiger partial charge in [0.2, 0.25) is 5.91 Å². The molecule has 1 aliphatic heterocycles. The van der Waals surface area contributed by atoms with Gasteiger partial charge < -0.3 is 15.8 Å². The van der Waals surface area contributed by atoms with Crippen molar-refractivity contribution in [1.29, 1.82) is 5.26 Å². The van der Waals surface area contributed by atoms with Crippen LogP contribution in [0.5, 0.6) is 5.75 Å². The van der Waals surface area contributed by atoms with Crippen LogP contribution in [0.2, 0.25) is 0 Å². The highest BCUT2D eigenvalue weighted by Crippen LogP contribution is 2.36. The Hall–Kier alpha value is -3.97. The van der Waals surface area contributed by atoms with Gasteiger partial charge in [0, 0.05) is 38.2 Å². The normalized spacial score (nSPS) is 19.1. The van der Waals surface area contributed by atoms with E-state index in [0.29, 0.717) is 19.4 Å². The number of piperidine rings is 1. The summed E-state index contributed by atoms with van der Waals surface area (Å²) < 4.78 is 7.58. The zero-order valence-electron chi connectivity index (χ0n) is 20.7. The van der Waals surface area contributed by atoms with Crippen LogP contribution in [0, 0.1) is 17.2 Å². The SMILES string of the molecule is N#CCC1(n2cc(C(N)=O)c(NC(=O)C3CC3)n2)CCN(Cc2ccc(OC3=CC=CCC3)cn2)CC1. The topological polar surface area (TPSA) is 139 Å². The molecular weight excluding hydrogens is 470 g/mol. The second-order valence-corrected chi connectivity index (χ2v) is 9.99. The molecule has 1 saturated heterocycles. The second kappa shape index (κ2) is 10.6. The number of hydrogen-bond acceptors (Lipinski definition) is 7. The fraction of sp³-hybridized carbons (Fsp3) is 0.444. The molecule has 10 heteroatoms. The van der Waals surface area contributed by atoms with E-state index >= 15 is 0 Å². The number of allylic oxidation sites excluding steroid dienone is 4. The Labute approximate surface area is 215 Å². The van der Waals surface area contributed by atoms with Gasteiger partial charge in [-0.3, -0.25) is 24.2 Å². The number of hydrogen-bond donors (Lipinski definition) is 2. The van der Waals surface area contributed by atoms with Crippen molar-refractivity contribution in [3.8, 4) is 11.8 Å². The first kappa shape index (κ1) is 24.7. The number of rotatable bonds is 9. The molecule has 2 aliphatic carbocycles. The van der Waals surface area contributed by atoms with Crippen molar-refractivity contribution in [1.82, 2.24) is 19.7 Å². The molecule has 2 aromatic rings. The van der Waals surface area contributed by atoms with Crippen LogP contribution < -0.4 is 15.8 Å². The smallest absolute Gasteiger partial charge is 0.254 e. The molecule has 0 radical (unpaired) electrons. The Kier molecular flexibility index (Phi) is 7.06. The fourth-order valence-electron chi connectivity index (χ4n) is 4.83. The van der Waals surface area contributed by atoms with E-state index in [1.54, 1.807) is 17.1 Å². The Bertz CT molecular complexity index is 1260. The van der Waals surface area contributed by atoms with E-state index in [2.05, 4.69) is 32.4 Å². The van der Waals surface area contributed by atoms with Crippen molar-refractivity contribution >= 4 is 17.6 Å². The summed E-state index contributed by atoms with van der Waals surface area (Å²) in [5.74, 6) is 1.01. The van der Waals surface area contributed by atoms with Gasteiger partial charge in [-0.15, -0.1) is 0 Å². The van der Waals surface area contributed by atoms with Crippen molar-refractivity contribution in [2.24, 2.45) is 11.7 Å². The molecule has 37 heavy (non-hydrogen) atoms. The second-order valence-electron chi connectivity index (χ2n) is 9.99. The van der Waals surface area contributed by atoms with Gasteiger partial charge in [0.05, 0.1) is 29.9 Å². The molecule has 10 nitrogen and oxygen atoms in total. The summed E-state index contributed by atoms with van der Waals surface area (Å²) in [6, 6.07) is 6.21. The number of nitrogens with zero attached hydrogens (tertiary/aromatic N) is 5. The number of primary amides is 1. The molecule has 0 aromatic carbocycles. The van der Waals surface area contributed by atoms with Gasteiger partial charge in [0.1, 0.15) is 17.1 Å². The number of amides is 2. The van der Waals surface area contributed by atoms with E-state index in [1.807, 2.05) is 24.3 Å². The predicted octanol–water partition coefficient (Wildman–Crippen LogP) is 3.24. The molecule has 0 bridgehead atoms. The van der Waals surface area contributed by atoms with Gasteiger partial charge in [-0.2, -0.15) is 10.4 Å². The third-order valence-electron chi connectivity index (χ3n) is 7.26. The van der Waals surface area contributed by atoms with Gasteiger partial charge in [0.25, 0.3) is 5.91 Å². The van der Waals surface area contributed by atoms with E-state index in [0.717, 1.165) is 56.0 Å². The van der Waals surface area contributed by atoms with Crippen LogP contribution in [0.15, 0.2) is 48.5 Å². The highest BCUT2D eigenvalue weighted by atomic mass is 16.5. The quantitative estimate of drug-likeness (QED) is 0.538. The van der Waals surface area contributed by atoms with Gasteiger partial charge >= 0.3 is 0 Å². The van der Waals surface area contributed by atoms with Crippen LogP contribution in [0.25, 0.3) is 0 Å². The highest BCUT2D eigenvalue weighted by Gasteiger charge is 2.39. The number of nitrogens with two attached hydrogens (primary N) is 1. The molecule has 3 N–H and O–H groups in total. The predicted molar refractivity (Wildman–Crippen MR) is 136 cm³/mol. The molecule has 0 spiro atoms. The van der Waals surface area contributed by atoms with Crippen molar-refractivity contribution in [3.63, 3.8) is 0 Å². The first-order chi connectivity index (χ1) is 18.0. The lowest BCUT2D eigenvalue weighted by Crippen LogP contribution is -2.46. The number of nitrogens with one attached hydrogen (secondary N) is 1. The number of nitriles is 1. The van der Waals surface area contributed by atoms with Gasteiger partial charge in [0.15, 0.2) is 5.82 Å². The fourth-order valence-corrected chi connectivity index (χ4v) is 4.83. The molecule has 0 atom stereocenters. The van der Waals surface area contributed by atoms with Crippen LogP contribution in [0.4, 0.5) is 5.82 Å². The molecule has 2 aromatic heterocycles. The third-order valence-corrected chi connectivity index (χ3v) is 7.26. The summed E-state index contributed by atoms with van der Waals surface area (Å²) in [5.41, 5.74) is 6.11. The monoisotopic (exact) mass is 501 g/mol. The average Bonchev–Trinajstić information content (AvgIpc) is 3.67. The molecule has 2 amide bonds. The number of carbonyl (C=O) groups is 2. The van der Waals surface area contributed by atoms with Crippen molar-refractivity contribution in [2.75, 3.05) is 18.4 Å². The zero-order valence-corrected chi connectivity index (χ0v) is 20.7. The summed E-state index contributed by atoms with van der Waals surface area (Å²) >= 11 is 0. The zero-order chi connectivity index (χ0) is 25.8. The van der Waals surface area contributed by atoms with Crippen LogP contribution >= 0.6 is 0 Å². The Morgan fingerprint density at radius 3 is 2.70 bits per heavy atom. The molecule has 3 heterocycles. The summed E-state index contributed by atoms with van der Waals surface area (Å²) in [4.78, 5) is 31.2. The number of anilines is 1. The number of pyridine rings is 1. The van der Waals surface area contributed by atoms with Crippen molar-refractivity contribution < 1.29 is 14.3 Å². The third kappa shape index (κ3) is 5.73. The van der Waals surface area contributed by atoms with E-state index < -0.39 is 11.4 Å². The highest BCUT2D eigenvalue weighted by molar-refractivity contribution is 6.02. The van der Waals surface area contributed by atoms with Gasteiger partial charge in [-0.1, -0.05) is 12.2 Å². The lowest BCUT2D eigenvalue weighted by Gasteiger charge is -2.40. The molecular formula is C27H31N7O3. The lowest BCUT2D eigenvalue weighted by atomic mass is 9.85. The molecule has 3 aliphatic rings. The first-order valence-corrected chi connectivity index (χ1v) is 12.7. The summed E-state index contributed by atoms with van der Waals surface area (Å²) in [6.07, 6.45) is 14.6. The van der Waals surface area contributed by atoms with Gasteiger partial charge in [-0.25, -0.2) is 0 Å². The lowest BCUT2D eigenvalue weighted by molar-refractivity contribution is -0.117. The number of likely N-dealkylation sites (tertiary alicyclic amines) is 1. The van der Waals surface area contributed by atoms with E-state index in [1.165, 1.54) is 0 Å². The van der Waals surface area contributed by atoms with Crippen LogP contribution in [-0.4, -0.2) is 44.6 Å². The van der Waals surface area contributed by atoms with E-state index in [9.17, 15) is 14.9 Å². The van der Waals surface area contributed by atoms with Crippen LogP contribution in [-0.2, 0) is 16.9 Å². The van der Waals surface area contributed by atoms with Crippen LogP contribution in [0.3, 0.4) is 0 Å². The van der Waals surface area contributed by atoms with Crippen LogP contribution in [0.1, 0.15) is 61.0 Å². The minimum Gasteiger partial charge on any atom is -0.460 e. The Morgan fingerprint density at radius 1 is 1.27 bits per heavy atom. The van der Waals surface area contributed by atoms with Crippen molar-refractivity contribution in [3.05, 3.63) is 59.8 Å². The number of ether oxygens (including phenoxy) is 1. The van der Waals surface area contributed by atoms with E-state index in [4.69, 9.17) is 10.5 Å². The molecule has 2 fully saturated rings. The minimum atomic E-state index is -0.656. The number of carbonyl (C=O) groups excluding carboxylic acids is 2. The van der Waals surface area contributed by atoms with E-state index in [-0.39, 0.29) is 29.6 Å². The largest absolute Gasteiger partial charge is 0.460 e. The maximum Gasteiger partial charge on any atom is 0.254 e. The standard InChI is InChI=1S/C27H31N7O3/c28-13-10-27(34-18-23(24(29)35)25(32-34)31-26(36)19-6-7-19)11-14-33(15-12-27)17-20-8-9-22(16-30-20)37-21-4-2-1-3-5-21/h1-2,4,8-9,16,18-19H,3,5-7,10-12,14-15,17H2,(H2,29,35)(H,31,32,36). The summed E-state index contributed by atoms with van der Waals surface area (Å²) in [5, 5.41) is 16.9. The number of aromatic nitrogens is 3. The molecule has 0 unspecified atom stereocenters.